The first-order chi connectivity index (χ1) is 11.8. The van der Waals surface area contributed by atoms with Crippen LogP contribution in [0, 0.1) is 0 Å². The van der Waals surface area contributed by atoms with Gasteiger partial charge < -0.3 is 30.5 Å². The number of anilines is 1. The Balaban J connectivity index is 1.83. The Morgan fingerprint density at radius 1 is 1.16 bits per heavy atom. The smallest absolute Gasteiger partial charge is 0.178 e. The molecule has 3 rings (SSSR count). The van der Waals surface area contributed by atoms with Crippen molar-refractivity contribution >= 4 is 17.0 Å². The van der Waals surface area contributed by atoms with E-state index in [1.54, 1.807) is 12.1 Å². The molecule has 2 aliphatic rings. The first-order valence-electron chi connectivity index (χ1n) is 8.24. The van der Waals surface area contributed by atoms with Crippen molar-refractivity contribution < 1.29 is 30.0 Å². The van der Waals surface area contributed by atoms with Gasteiger partial charge in [-0.3, -0.25) is 4.79 Å². The molecule has 0 amide bonds. The van der Waals surface area contributed by atoms with Gasteiger partial charge in [-0.1, -0.05) is 6.07 Å². The van der Waals surface area contributed by atoms with Crippen LogP contribution in [0.3, 0.4) is 0 Å². The summed E-state index contributed by atoms with van der Waals surface area (Å²) < 4.78 is 5.14. The lowest BCUT2D eigenvalue weighted by molar-refractivity contribution is -0.245. The first-order valence-corrected chi connectivity index (χ1v) is 8.24. The minimum absolute atomic E-state index is 0.0735. The van der Waals surface area contributed by atoms with Gasteiger partial charge in [-0.2, -0.15) is 0 Å². The average Bonchev–Trinajstić information content (AvgIpc) is 2.59. The molecule has 1 fully saturated rings. The Bertz CT molecular complexity index is 716. The summed E-state index contributed by atoms with van der Waals surface area (Å²) in [7, 11) is 0. The number of hydrogen-bond acceptors (Lipinski definition) is 7. The molecule has 1 aromatic carbocycles. The third-order valence-electron chi connectivity index (χ3n) is 5.07. The van der Waals surface area contributed by atoms with Crippen molar-refractivity contribution in [1.82, 2.24) is 0 Å². The van der Waals surface area contributed by atoms with E-state index >= 15 is 0 Å². The number of allylic oxidation sites excluding steroid dienone is 2. The number of fused-ring (bicyclic) bond motifs is 1. The van der Waals surface area contributed by atoms with Gasteiger partial charge in [0.25, 0.3) is 0 Å². The largest absolute Gasteiger partial charge is 0.394 e. The molecule has 0 saturated carbocycles. The van der Waals surface area contributed by atoms with Crippen molar-refractivity contribution in [1.29, 1.82) is 0 Å². The van der Waals surface area contributed by atoms with Crippen molar-refractivity contribution in [2.45, 2.75) is 50.9 Å². The average molecular weight is 349 g/mol. The van der Waals surface area contributed by atoms with E-state index in [-0.39, 0.29) is 5.78 Å². The molecule has 0 spiro atoms. The second-order valence-corrected chi connectivity index (χ2v) is 6.62. The van der Waals surface area contributed by atoms with Crippen molar-refractivity contribution in [3.05, 3.63) is 34.9 Å². The highest BCUT2D eigenvalue weighted by molar-refractivity contribution is 6.06. The maximum atomic E-state index is 12.0. The molecule has 0 radical (unpaired) electrons. The summed E-state index contributed by atoms with van der Waals surface area (Å²) in [5.74, 6) is 0.0735. The topological polar surface area (TPSA) is 119 Å². The molecule has 1 aliphatic carbocycles. The van der Waals surface area contributed by atoms with Crippen molar-refractivity contribution in [3.63, 3.8) is 0 Å². The molecular formula is C18H23NO6. The molecule has 0 aromatic heterocycles. The van der Waals surface area contributed by atoms with E-state index in [0.29, 0.717) is 12.1 Å². The minimum atomic E-state index is -1.39. The predicted octanol–water partition coefficient (Wildman–Crippen LogP) is -0.183. The second-order valence-electron chi connectivity index (χ2n) is 6.62. The van der Waals surface area contributed by atoms with Crippen molar-refractivity contribution in [2.75, 3.05) is 11.9 Å². The molecule has 5 N–H and O–H groups in total. The monoisotopic (exact) mass is 349 g/mol. The Kier molecular flexibility index (Phi) is 4.95. The molecule has 3 unspecified atom stereocenters. The maximum Gasteiger partial charge on any atom is 0.178 e. The van der Waals surface area contributed by atoms with Gasteiger partial charge in [0, 0.05) is 12.1 Å². The number of rotatable bonds is 3. The van der Waals surface area contributed by atoms with Crippen LogP contribution < -0.4 is 5.32 Å². The third kappa shape index (κ3) is 3.21. The molecule has 1 heterocycles. The lowest BCUT2D eigenvalue weighted by Gasteiger charge is -2.40. The predicted molar refractivity (Wildman–Crippen MR) is 90.8 cm³/mol. The summed E-state index contributed by atoms with van der Waals surface area (Å²) in [4.78, 5) is 12.0. The second kappa shape index (κ2) is 6.86. The van der Waals surface area contributed by atoms with Crippen LogP contribution in [0.5, 0.6) is 0 Å². The fourth-order valence-corrected chi connectivity index (χ4v) is 3.36. The molecule has 1 aliphatic heterocycles. The summed E-state index contributed by atoms with van der Waals surface area (Å²) in [6, 6.07) is 4.51. The number of aliphatic hydroxyl groups excluding tert-OH is 4. The van der Waals surface area contributed by atoms with E-state index in [0.717, 1.165) is 22.3 Å². The normalized spacial score (nSPS) is 32.6. The van der Waals surface area contributed by atoms with Gasteiger partial charge in [0.15, 0.2) is 12.1 Å². The summed E-state index contributed by atoms with van der Waals surface area (Å²) >= 11 is 0. The Morgan fingerprint density at radius 2 is 1.88 bits per heavy atom. The number of carbonyl (C=O) groups is 1. The van der Waals surface area contributed by atoms with Crippen LogP contribution in [0.4, 0.5) is 5.69 Å². The third-order valence-corrected chi connectivity index (χ3v) is 5.07. The molecule has 5 atom stereocenters. The van der Waals surface area contributed by atoms with Crippen LogP contribution in [0.25, 0.3) is 5.57 Å². The lowest BCUT2D eigenvalue weighted by atomic mass is 9.86. The molecule has 25 heavy (non-hydrogen) atoms. The van der Waals surface area contributed by atoms with Gasteiger partial charge in [-0.15, -0.1) is 0 Å². The number of nitrogens with one attached hydrogen (secondary N) is 1. The number of ketones is 1. The summed E-state index contributed by atoms with van der Waals surface area (Å²) in [6.45, 7) is 3.22. The van der Waals surface area contributed by atoms with Gasteiger partial charge in [0.05, 0.1) is 6.61 Å². The Labute approximate surface area is 145 Å². The Hall–Kier alpha value is -1.77. The van der Waals surface area contributed by atoms with E-state index in [9.17, 15) is 20.1 Å². The number of benzene rings is 1. The van der Waals surface area contributed by atoms with Gasteiger partial charge in [0.1, 0.15) is 24.4 Å². The maximum absolute atomic E-state index is 12.0. The number of aliphatic hydroxyl groups is 4. The van der Waals surface area contributed by atoms with Gasteiger partial charge in [-0.25, -0.2) is 0 Å². The van der Waals surface area contributed by atoms with Crippen LogP contribution in [0.15, 0.2) is 23.8 Å². The molecule has 0 bridgehead atoms. The van der Waals surface area contributed by atoms with Gasteiger partial charge in [-0.05, 0) is 48.3 Å². The molecular weight excluding hydrogens is 326 g/mol. The van der Waals surface area contributed by atoms with E-state index in [1.165, 1.54) is 0 Å². The van der Waals surface area contributed by atoms with Crippen LogP contribution in [0.2, 0.25) is 0 Å². The standard InChI is InChI=1S/C18H23NO6/c1-8-9(2)13(21)6-10-5-11(3-4-12(8)10)19-15-17(23)16(22)14(7-20)25-18(15)24/h3-5,14-20,22-24H,6-7H2,1-2H3/t14?,15?,16-,17-,18?/m1/s1. The summed E-state index contributed by atoms with van der Waals surface area (Å²) in [5.41, 5.74) is 4.18. The van der Waals surface area contributed by atoms with E-state index in [1.807, 2.05) is 19.9 Å². The van der Waals surface area contributed by atoms with E-state index < -0.39 is 37.3 Å². The zero-order valence-corrected chi connectivity index (χ0v) is 14.1. The first kappa shape index (κ1) is 18.0. The zero-order valence-electron chi connectivity index (χ0n) is 14.1. The number of ether oxygens (including phenoxy) is 1. The number of carbonyl (C=O) groups excluding carboxylic acids is 1. The Morgan fingerprint density at radius 3 is 2.56 bits per heavy atom. The van der Waals surface area contributed by atoms with Crippen molar-refractivity contribution in [3.8, 4) is 0 Å². The molecule has 1 saturated heterocycles. The molecule has 1 aromatic rings. The minimum Gasteiger partial charge on any atom is -0.394 e. The van der Waals surface area contributed by atoms with Crippen molar-refractivity contribution in [2.24, 2.45) is 0 Å². The van der Waals surface area contributed by atoms with Crippen LogP contribution in [-0.4, -0.2) is 63.5 Å². The highest BCUT2D eigenvalue weighted by Gasteiger charge is 2.43. The fraction of sp³-hybridized carbons (Fsp3) is 0.500. The summed E-state index contributed by atoms with van der Waals surface area (Å²) in [5, 5.41) is 42.3. The van der Waals surface area contributed by atoms with Crippen LogP contribution in [-0.2, 0) is 16.0 Å². The number of Topliss-reactive ketones (excluding diaryl/α,β-unsaturated/α-hetero) is 1. The lowest BCUT2D eigenvalue weighted by Crippen LogP contribution is -2.61. The van der Waals surface area contributed by atoms with Gasteiger partial charge >= 0.3 is 0 Å². The SMILES string of the molecule is CC1=C(C)c2ccc(NC3C(O)OC(CO)[C@@H](O)[C@@H]3O)cc2CC1=O. The van der Waals surface area contributed by atoms with E-state index in [2.05, 4.69) is 5.32 Å². The quantitative estimate of drug-likeness (QED) is 0.513. The molecule has 7 nitrogen and oxygen atoms in total. The van der Waals surface area contributed by atoms with Crippen LogP contribution in [0.1, 0.15) is 25.0 Å². The van der Waals surface area contributed by atoms with Crippen LogP contribution >= 0.6 is 0 Å². The van der Waals surface area contributed by atoms with E-state index in [4.69, 9.17) is 9.84 Å². The van der Waals surface area contributed by atoms with Gasteiger partial charge in [0.2, 0.25) is 0 Å². The number of hydrogen-bond donors (Lipinski definition) is 5. The zero-order chi connectivity index (χ0) is 18.3. The molecule has 136 valence electrons. The fourth-order valence-electron chi connectivity index (χ4n) is 3.36. The highest BCUT2D eigenvalue weighted by atomic mass is 16.6. The molecule has 7 heteroatoms. The highest BCUT2D eigenvalue weighted by Crippen LogP contribution is 2.32. The summed E-state index contributed by atoms with van der Waals surface area (Å²) in [6.07, 6.45) is -4.77.